The van der Waals surface area contributed by atoms with Crippen molar-refractivity contribution in [3.63, 3.8) is 0 Å². The molecule has 1 fully saturated rings. The highest BCUT2D eigenvalue weighted by molar-refractivity contribution is 7.99. The third-order valence-electron chi connectivity index (χ3n) is 3.18. The third kappa shape index (κ3) is 2.92. The smallest absolute Gasteiger partial charge is 0.143 e. The van der Waals surface area contributed by atoms with Gasteiger partial charge in [-0.25, -0.2) is 9.97 Å². The minimum atomic E-state index is 0.378. The zero-order valence-corrected chi connectivity index (χ0v) is 12.3. The van der Waals surface area contributed by atoms with E-state index in [1.165, 1.54) is 18.6 Å². The van der Waals surface area contributed by atoms with E-state index in [1.807, 2.05) is 25.0 Å². The molecule has 3 heterocycles. The van der Waals surface area contributed by atoms with E-state index in [1.54, 1.807) is 16.9 Å². The van der Waals surface area contributed by atoms with Gasteiger partial charge in [0, 0.05) is 24.9 Å². The number of hydrogen-bond donors (Lipinski definition) is 0. The number of halogens is 1. The number of hydrogen-bond acceptors (Lipinski definition) is 4. The van der Waals surface area contributed by atoms with E-state index in [0.717, 1.165) is 23.5 Å². The summed E-state index contributed by atoms with van der Waals surface area (Å²) in [6, 6.07) is 1.80. The maximum atomic E-state index is 6.14. The van der Waals surface area contributed by atoms with Gasteiger partial charge in [0.25, 0.3) is 0 Å². The van der Waals surface area contributed by atoms with Gasteiger partial charge < -0.3 is 0 Å². The van der Waals surface area contributed by atoms with Crippen LogP contribution in [0.15, 0.2) is 18.5 Å². The molecule has 1 unspecified atom stereocenters. The summed E-state index contributed by atoms with van der Waals surface area (Å²) in [6.45, 7) is 0. The number of thioether (sulfide) groups is 1. The Morgan fingerprint density at radius 3 is 2.95 bits per heavy atom. The molecule has 0 bridgehead atoms. The van der Waals surface area contributed by atoms with Gasteiger partial charge in [-0.1, -0.05) is 18.0 Å². The Bertz CT molecular complexity index is 578. The maximum absolute atomic E-state index is 6.14. The predicted molar refractivity (Wildman–Crippen MR) is 78.3 cm³/mol. The first-order valence-corrected chi connectivity index (χ1v) is 7.80. The molecule has 1 aliphatic heterocycles. The lowest BCUT2D eigenvalue weighted by atomic mass is 10.1. The topological polar surface area (TPSA) is 43.6 Å². The lowest BCUT2D eigenvalue weighted by Gasteiger charge is -2.20. The van der Waals surface area contributed by atoms with Crippen LogP contribution in [0, 0.1) is 0 Å². The number of aromatic nitrogens is 4. The van der Waals surface area contributed by atoms with Crippen LogP contribution in [0.2, 0.25) is 5.15 Å². The molecule has 0 amide bonds. The number of aryl methyl sites for hydroxylation is 1. The van der Waals surface area contributed by atoms with Crippen molar-refractivity contribution in [3.05, 3.63) is 29.4 Å². The van der Waals surface area contributed by atoms with Crippen molar-refractivity contribution in [1.29, 1.82) is 0 Å². The second kappa shape index (κ2) is 5.51. The fourth-order valence-corrected chi connectivity index (χ4v) is 3.66. The SMILES string of the molecule is Cn1cc(-c2cc(Cl)nc(C3CCCCS3)n2)cn1. The van der Waals surface area contributed by atoms with Gasteiger partial charge in [-0.15, -0.1) is 0 Å². The third-order valence-corrected chi connectivity index (χ3v) is 4.75. The summed E-state index contributed by atoms with van der Waals surface area (Å²) in [6.07, 6.45) is 7.41. The average Bonchev–Trinajstić information content (AvgIpc) is 2.86. The Balaban J connectivity index is 1.95. The predicted octanol–water partition coefficient (Wildman–Crippen LogP) is 3.49. The molecule has 2 aromatic heterocycles. The molecule has 100 valence electrons. The van der Waals surface area contributed by atoms with Gasteiger partial charge in [0.05, 0.1) is 17.1 Å². The molecule has 0 N–H and O–H groups in total. The minimum absolute atomic E-state index is 0.378. The highest BCUT2D eigenvalue weighted by Gasteiger charge is 2.20. The van der Waals surface area contributed by atoms with E-state index in [9.17, 15) is 0 Å². The largest absolute Gasteiger partial charge is 0.275 e. The van der Waals surface area contributed by atoms with Crippen LogP contribution in [0.5, 0.6) is 0 Å². The molecule has 1 saturated heterocycles. The fraction of sp³-hybridized carbons (Fsp3) is 0.462. The average molecular weight is 295 g/mol. The molecule has 1 atom stereocenters. The molecule has 6 heteroatoms. The highest BCUT2D eigenvalue weighted by atomic mass is 35.5. The summed E-state index contributed by atoms with van der Waals surface area (Å²) in [4.78, 5) is 9.07. The molecule has 19 heavy (non-hydrogen) atoms. The Kier molecular flexibility index (Phi) is 3.75. The molecule has 3 rings (SSSR count). The molecule has 4 nitrogen and oxygen atoms in total. The van der Waals surface area contributed by atoms with Crippen molar-refractivity contribution in [2.45, 2.75) is 24.5 Å². The molecule has 0 radical (unpaired) electrons. The summed E-state index contributed by atoms with van der Waals surface area (Å²) in [5.41, 5.74) is 1.84. The summed E-state index contributed by atoms with van der Waals surface area (Å²) in [5, 5.41) is 5.06. The first kappa shape index (κ1) is 12.9. The van der Waals surface area contributed by atoms with E-state index in [4.69, 9.17) is 11.6 Å². The van der Waals surface area contributed by atoms with Crippen LogP contribution in [-0.2, 0) is 7.05 Å². The normalized spacial score (nSPS) is 19.6. The van der Waals surface area contributed by atoms with Crippen LogP contribution in [0.3, 0.4) is 0 Å². The Morgan fingerprint density at radius 2 is 2.26 bits per heavy atom. The quantitative estimate of drug-likeness (QED) is 0.795. The minimum Gasteiger partial charge on any atom is -0.275 e. The Labute approximate surface area is 121 Å². The Morgan fingerprint density at radius 1 is 1.37 bits per heavy atom. The van der Waals surface area contributed by atoms with Crippen LogP contribution >= 0.6 is 23.4 Å². The van der Waals surface area contributed by atoms with E-state index in [-0.39, 0.29) is 0 Å². The van der Waals surface area contributed by atoms with Gasteiger partial charge in [0.1, 0.15) is 11.0 Å². The van der Waals surface area contributed by atoms with Gasteiger partial charge in [0.15, 0.2) is 0 Å². The van der Waals surface area contributed by atoms with Crippen molar-refractivity contribution >= 4 is 23.4 Å². The fourth-order valence-electron chi connectivity index (χ4n) is 2.22. The van der Waals surface area contributed by atoms with Crippen LogP contribution in [-0.4, -0.2) is 25.5 Å². The van der Waals surface area contributed by atoms with Crippen LogP contribution in [0.25, 0.3) is 11.3 Å². The van der Waals surface area contributed by atoms with Crippen molar-refractivity contribution in [2.75, 3.05) is 5.75 Å². The van der Waals surface area contributed by atoms with Gasteiger partial charge in [0.2, 0.25) is 0 Å². The lowest BCUT2D eigenvalue weighted by molar-refractivity contribution is 0.662. The summed E-state index contributed by atoms with van der Waals surface area (Å²) < 4.78 is 1.76. The van der Waals surface area contributed by atoms with Gasteiger partial charge in [-0.3, -0.25) is 4.68 Å². The summed E-state index contributed by atoms with van der Waals surface area (Å²) in [5.74, 6) is 2.04. The number of rotatable bonds is 2. The summed E-state index contributed by atoms with van der Waals surface area (Å²) >= 11 is 8.07. The van der Waals surface area contributed by atoms with Crippen molar-refractivity contribution in [2.24, 2.45) is 7.05 Å². The molecule has 0 aromatic carbocycles. The van der Waals surface area contributed by atoms with Crippen molar-refractivity contribution in [1.82, 2.24) is 19.7 Å². The van der Waals surface area contributed by atoms with E-state index in [0.29, 0.717) is 10.4 Å². The zero-order valence-electron chi connectivity index (χ0n) is 10.7. The van der Waals surface area contributed by atoms with Gasteiger partial charge >= 0.3 is 0 Å². The molecule has 1 aliphatic rings. The standard InChI is InChI=1S/C13H15ClN4S/c1-18-8-9(7-15-18)10-6-12(14)17-13(16-10)11-4-2-3-5-19-11/h6-8,11H,2-5H2,1H3. The van der Waals surface area contributed by atoms with Crippen LogP contribution < -0.4 is 0 Å². The molecule has 2 aromatic rings. The molecular weight excluding hydrogens is 280 g/mol. The lowest BCUT2D eigenvalue weighted by Crippen LogP contribution is -2.07. The van der Waals surface area contributed by atoms with Crippen molar-refractivity contribution in [3.8, 4) is 11.3 Å². The first-order chi connectivity index (χ1) is 9.22. The molecule has 0 saturated carbocycles. The zero-order chi connectivity index (χ0) is 13.2. The highest BCUT2D eigenvalue weighted by Crippen LogP contribution is 2.37. The van der Waals surface area contributed by atoms with E-state index in [2.05, 4.69) is 15.1 Å². The Hall–Kier alpha value is -1.07. The second-order valence-corrected chi connectivity index (χ2v) is 6.39. The molecule has 0 spiro atoms. The van der Waals surface area contributed by atoms with Gasteiger partial charge in [-0.05, 0) is 18.6 Å². The van der Waals surface area contributed by atoms with Crippen molar-refractivity contribution < 1.29 is 0 Å². The molecule has 0 aliphatic carbocycles. The molecular formula is C13H15ClN4S. The van der Waals surface area contributed by atoms with E-state index < -0.39 is 0 Å². The monoisotopic (exact) mass is 294 g/mol. The summed E-state index contributed by atoms with van der Waals surface area (Å²) in [7, 11) is 1.89. The number of nitrogens with zero attached hydrogens (tertiary/aromatic N) is 4. The maximum Gasteiger partial charge on any atom is 0.143 e. The van der Waals surface area contributed by atoms with Gasteiger partial charge in [-0.2, -0.15) is 16.9 Å². The second-order valence-electron chi connectivity index (χ2n) is 4.69. The van der Waals surface area contributed by atoms with Crippen LogP contribution in [0.1, 0.15) is 30.3 Å². The van der Waals surface area contributed by atoms with Crippen LogP contribution in [0.4, 0.5) is 0 Å². The first-order valence-electron chi connectivity index (χ1n) is 6.37. The van der Waals surface area contributed by atoms with E-state index >= 15 is 0 Å².